The Kier molecular flexibility index (Phi) is 5.80. The molecule has 5 unspecified atom stereocenters. The summed E-state index contributed by atoms with van der Waals surface area (Å²) in [7, 11) is 0. The second-order valence-corrected chi connectivity index (χ2v) is 9.97. The summed E-state index contributed by atoms with van der Waals surface area (Å²) in [6.07, 6.45) is 7.55. The highest BCUT2D eigenvalue weighted by Gasteiger charge is 2.71. The molecular weight excluding hydrogens is 364 g/mol. The molecule has 152 valence electrons. The number of aliphatic carboxylic acids is 1. The van der Waals surface area contributed by atoms with Crippen molar-refractivity contribution < 1.29 is 19.8 Å². The van der Waals surface area contributed by atoms with Gasteiger partial charge in [-0.1, -0.05) is 38.8 Å². The highest BCUT2D eigenvalue weighted by Crippen LogP contribution is 2.71. The molecule has 0 aromatic heterocycles. The standard InChI is InChI=1S/C22H33ClO4/c1-13(2)17-8-15-10-21(12-25,22(17,11-15)20(26)27)18-9-19(23)14(3)16(18)6-4-5-7-24/h8,12-16,18-19,24H,4-7,9-11H2,1-3H3,(H,26,27)/t14?,15?,16?,18?,19?,21-,22+/m0/s1. The minimum absolute atomic E-state index is 0.00487. The first kappa shape index (κ1) is 20.9. The van der Waals surface area contributed by atoms with E-state index in [9.17, 15) is 14.7 Å². The van der Waals surface area contributed by atoms with Gasteiger partial charge in [0.25, 0.3) is 0 Å². The Morgan fingerprint density at radius 1 is 1.37 bits per heavy atom. The number of hydrogen-bond acceptors (Lipinski definition) is 3. The molecule has 3 aliphatic rings. The van der Waals surface area contributed by atoms with E-state index in [4.69, 9.17) is 16.7 Å². The molecule has 0 spiro atoms. The number of carbonyl (C=O) groups excluding carboxylic acids is 1. The quantitative estimate of drug-likeness (QED) is 0.278. The lowest BCUT2D eigenvalue weighted by Gasteiger charge is -2.48. The molecule has 2 N–H and O–H groups in total. The van der Waals surface area contributed by atoms with Gasteiger partial charge in [0.2, 0.25) is 0 Å². The SMILES string of the molecule is CC(C)C1=CC2C[C@@]1(C(=O)O)[C@@](C=O)(C1CC(Cl)C(C)C1CCCCO)C2. The number of unbranched alkanes of at least 4 members (excludes halogenated alkanes) is 1. The van der Waals surface area contributed by atoms with Crippen LogP contribution >= 0.6 is 11.6 Å². The summed E-state index contributed by atoms with van der Waals surface area (Å²) < 4.78 is 0. The van der Waals surface area contributed by atoms with Gasteiger partial charge < -0.3 is 15.0 Å². The minimum Gasteiger partial charge on any atom is -0.481 e. The Balaban J connectivity index is 2.05. The predicted octanol–water partition coefficient (Wildman–Crippen LogP) is 4.29. The van der Waals surface area contributed by atoms with Gasteiger partial charge in [0.05, 0.1) is 0 Å². The van der Waals surface area contributed by atoms with Crippen LogP contribution in [-0.4, -0.2) is 34.5 Å². The molecule has 0 radical (unpaired) electrons. The normalized spacial score (nSPS) is 43.3. The van der Waals surface area contributed by atoms with E-state index < -0.39 is 16.8 Å². The van der Waals surface area contributed by atoms with Crippen LogP contribution in [0.3, 0.4) is 0 Å². The third kappa shape index (κ3) is 2.90. The number of fused-ring (bicyclic) bond motifs is 2. The molecule has 4 nitrogen and oxygen atoms in total. The fourth-order valence-corrected chi connectivity index (χ4v) is 7.16. The van der Waals surface area contributed by atoms with E-state index in [1.54, 1.807) is 0 Å². The fourth-order valence-electron chi connectivity index (χ4n) is 6.78. The van der Waals surface area contributed by atoms with Crippen LogP contribution in [-0.2, 0) is 9.59 Å². The Morgan fingerprint density at radius 3 is 2.63 bits per heavy atom. The maximum absolute atomic E-state index is 12.7. The van der Waals surface area contributed by atoms with Crippen molar-refractivity contribution in [3.8, 4) is 0 Å². The molecule has 7 atom stereocenters. The summed E-state index contributed by atoms with van der Waals surface area (Å²) in [5, 5.41) is 19.5. The van der Waals surface area contributed by atoms with E-state index in [0.29, 0.717) is 19.3 Å². The number of carbonyl (C=O) groups is 2. The number of alkyl halides is 1. The summed E-state index contributed by atoms with van der Waals surface area (Å²) in [5.41, 5.74) is -0.994. The molecule has 2 saturated carbocycles. The topological polar surface area (TPSA) is 74.6 Å². The molecule has 3 aliphatic carbocycles. The number of carboxylic acid groups (broad SMARTS) is 1. The number of aldehydes is 1. The summed E-state index contributed by atoms with van der Waals surface area (Å²) in [6, 6.07) is 0. The average molecular weight is 397 g/mol. The first-order valence-electron chi connectivity index (χ1n) is 10.4. The molecule has 2 bridgehead atoms. The van der Waals surface area contributed by atoms with Gasteiger partial charge >= 0.3 is 5.97 Å². The number of rotatable bonds is 8. The van der Waals surface area contributed by atoms with Crippen LogP contribution in [0.1, 0.15) is 59.3 Å². The molecule has 0 aromatic rings. The molecule has 0 heterocycles. The second-order valence-electron chi connectivity index (χ2n) is 9.41. The second kappa shape index (κ2) is 7.51. The zero-order chi connectivity index (χ0) is 20.0. The maximum atomic E-state index is 12.7. The van der Waals surface area contributed by atoms with Crippen molar-refractivity contribution in [3.05, 3.63) is 11.6 Å². The van der Waals surface area contributed by atoms with Gasteiger partial charge in [-0.3, -0.25) is 4.79 Å². The number of aliphatic hydroxyl groups excluding tert-OH is 1. The summed E-state index contributed by atoms with van der Waals surface area (Å²) in [4.78, 5) is 25.4. The molecule has 0 amide bonds. The summed E-state index contributed by atoms with van der Waals surface area (Å²) in [6.45, 7) is 6.37. The van der Waals surface area contributed by atoms with E-state index >= 15 is 0 Å². The monoisotopic (exact) mass is 396 g/mol. The number of hydrogen-bond donors (Lipinski definition) is 2. The van der Waals surface area contributed by atoms with Crippen molar-refractivity contribution >= 4 is 23.9 Å². The zero-order valence-corrected chi connectivity index (χ0v) is 17.4. The highest BCUT2D eigenvalue weighted by atomic mass is 35.5. The molecular formula is C22H33ClO4. The largest absolute Gasteiger partial charge is 0.481 e. The van der Waals surface area contributed by atoms with E-state index in [-0.39, 0.29) is 41.6 Å². The van der Waals surface area contributed by atoms with Gasteiger partial charge in [0.1, 0.15) is 11.7 Å². The molecule has 3 rings (SSSR count). The lowest BCUT2D eigenvalue weighted by Crippen LogP contribution is -2.53. The smallest absolute Gasteiger partial charge is 0.314 e. The number of aliphatic hydroxyl groups is 1. The third-order valence-electron chi connectivity index (χ3n) is 7.92. The van der Waals surface area contributed by atoms with E-state index in [2.05, 4.69) is 13.0 Å². The molecule has 0 aliphatic heterocycles. The van der Waals surface area contributed by atoms with Crippen LogP contribution in [0.2, 0.25) is 0 Å². The number of allylic oxidation sites excluding steroid dienone is 1. The Labute approximate surface area is 167 Å². The average Bonchev–Trinajstić information content (AvgIpc) is 3.26. The lowest BCUT2D eigenvalue weighted by molar-refractivity contribution is -0.160. The van der Waals surface area contributed by atoms with Gasteiger partial charge in [-0.15, -0.1) is 11.6 Å². The van der Waals surface area contributed by atoms with Gasteiger partial charge in [-0.25, -0.2) is 0 Å². The van der Waals surface area contributed by atoms with Crippen molar-refractivity contribution in [2.45, 2.75) is 64.7 Å². The molecule has 0 saturated heterocycles. The minimum atomic E-state index is -1.08. The van der Waals surface area contributed by atoms with Gasteiger partial charge in [-0.2, -0.15) is 0 Å². The molecule has 27 heavy (non-hydrogen) atoms. The van der Waals surface area contributed by atoms with Crippen molar-refractivity contribution in [3.63, 3.8) is 0 Å². The molecule has 0 aromatic carbocycles. The predicted molar refractivity (Wildman–Crippen MR) is 106 cm³/mol. The maximum Gasteiger partial charge on any atom is 0.314 e. The van der Waals surface area contributed by atoms with Crippen LogP contribution in [0.5, 0.6) is 0 Å². The van der Waals surface area contributed by atoms with Crippen LogP contribution < -0.4 is 0 Å². The highest BCUT2D eigenvalue weighted by molar-refractivity contribution is 6.21. The first-order chi connectivity index (χ1) is 12.7. The van der Waals surface area contributed by atoms with Crippen molar-refractivity contribution in [2.75, 3.05) is 6.61 Å². The number of carboxylic acids is 1. The van der Waals surface area contributed by atoms with Crippen LogP contribution in [0, 0.1) is 40.4 Å². The van der Waals surface area contributed by atoms with Gasteiger partial charge in [0.15, 0.2) is 0 Å². The lowest BCUT2D eigenvalue weighted by atomic mass is 9.52. The van der Waals surface area contributed by atoms with E-state index in [1.807, 2.05) is 13.8 Å². The van der Waals surface area contributed by atoms with Crippen molar-refractivity contribution in [1.82, 2.24) is 0 Å². The van der Waals surface area contributed by atoms with Crippen molar-refractivity contribution in [2.24, 2.45) is 40.4 Å². The fraction of sp³-hybridized carbons (Fsp3) is 0.818. The zero-order valence-electron chi connectivity index (χ0n) is 16.7. The molecule has 2 fully saturated rings. The first-order valence-corrected chi connectivity index (χ1v) is 10.9. The van der Waals surface area contributed by atoms with Gasteiger partial charge in [-0.05, 0) is 61.7 Å². The van der Waals surface area contributed by atoms with Crippen molar-refractivity contribution in [1.29, 1.82) is 0 Å². The number of halogens is 1. The van der Waals surface area contributed by atoms with Crippen LogP contribution in [0.15, 0.2) is 11.6 Å². The summed E-state index contributed by atoms with van der Waals surface area (Å²) in [5.74, 6) is -0.0726. The van der Waals surface area contributed by atoms with E-state index in [1.165, 1.54) is 0 Å². The van der Waals surface area contributed by atoms with Crippen LogP contribution in [0.4, 0.5) is 0 Å². The Morgan fingerprint density at radius 2 is 2.07 bits per heavy atom. The molecule has 5 heteroatoms. The van der Waals surface area contributed by atoms with Crippen LogP contribution in [0.25, 0.3) is 0 Å². The Bertz CT molecular complexity index is 630. The van der Waals surface area contributed by atoms with Gasteiger partial charge in [0, 0.05) is 17.4 Å². The summed E-state index contributed by atoms with van der Waals surface area (Å²) >= 11 is 6.66. The third-order valence-corrected chi connectivity index (χ3v) is 8.49. The van der Waals surface area contributed by atoms with E-state index in [0.717, 1.165) is 31.1 Å². The Hall–Kier alpha value is -0.870.